The normalized spacial score (nSPS) is 21.2. The first-order valence-corrected chi connectivity index (χ1v) is 9.36. The SMILES string of the molecule is CCOC(=O)C1CCN([C@H]2CC(=O)N(c3ccc(C)c([N+](=O)[O-])c3)C2=O)CC1. The number of nitrogens with zero attached hydrogens (tertiary/aromatic N) is 3. The molecule has 1 aromatic carbocycles. The van der Waals surface area contributed by atoms with E-state index in [1.807, 2.05) is 4.90 Å². The van der Waals surface area contributed by atoms with Crippen LogP contribution in [-0.2, 0) is 19.1 Å². The Balaban J connectivity index is 1.72. The van der Waals surface area contributed by atoms with Crippen LogP contribution < -0.4 is 4.90 Å². The molecule has 2 aliphatic rings. The monoisotopic (exact) mass is 389 g/mol. The van der Waals surface area contributed by atoms with Crippen LogP contribution >= 0.6 is 0 Å². The highest BCUT2D eigenvalue weighted by atomic mass is 16.6. The van der Waals surface area contributed by atoms with Gasteiger partial charge in [0.2, 0.25) is 5.91 Å². The van der Waals surface area contributed by atoms with Crippen LogP contribution in [-0.4, -0.2) is 53.3 Å². The molecule has 28 heavy (non-hydrogen) atoms. The lowest BCUT2D eigenvalue weighted by Gasteiger charge is -2.33. The minimum atomic E-state index is -0.601. The van der Waals surface area contributed by atoms with E-state index in [0.717, 1.165) is 4.90 Å². The fourth-order valence-corrected chi connectivity index (χ4v) is 3.81. The number of piperidine rings is 1. The van der Waals surface area contributed by atoms with Crippen LogP contribution in [0.25, 0.3) is 0 Å². The molecule has 2 heterocycles. The van der Waals surface area contributed by atoms with Crippen LogP contribution in [0, 0.1) is 23.0 Å². The molecule has 3 rings (SSSR count). The summed E-state index contributed by atoms with van der Waals surface area (Å²) in [6.07, 6.45) is 1.18. The second kappa shape index (κ2) is 8.05. The van der Waals surface area contributed by atoms with E-state index >= 15 is 0 Å². The molecule has 9 nitrogen and oxygen atoms in total. The average Bonchev–Trinajstić information content (AvgIpc) is 2.97. The number of carbonyl (C=O) groups excluding carboxylic acids is 3. The van der Waals surface area contributed by atoms with Gasteiger partial charge in [-0.3, -0.25) is 29.4 Å². The first-order chi connectivity index (χ1) is 13.3. The third-order valence-electron chi connectivity index (χ3n) is 5.36. The molecule has 9 heteroatoms. The van der Waals surface area contributed by atoms with Crippen molar-refractivity contribution in [3.8, 4) is 0 Å². The molecule has 0 aromatic heterocycles. The van der Waals surface area contributed by atoms with Gasteiger partial charge in [-0.2, -0.15) is 0 Å². The maximum Gasteiger partial charge on any atom is 0.309 e. The number of nitro benzene ring substituents is 1. The van der Waals surface area contributed by atoms with E-state index in [9.17, 15) is 24.5 Å². The van der Waals surface area contributed by atoms with Gasteiger partial charge in [0.15, 0.2) is 0 Å². The van der Waals surface area contributed by atoms with Gasteiger partial charge in [-0.1, -0.05) is 6.07 Å². The van der Waals surface area contributed by atoms with Crippen LogP contribution in [0.2, 0.25) is 0 Å². The summed E-state index contributed by atoms with van der Waals surface area (Å²) in [7, 11) is 0. The largest absolute Gasteiger partial charge is 0.466 e. The van der Waals surface area contributed by atoms with Crippen molar-refractivity contribution < 1.29 is 24.0 Å². The third kappa shape index (κ3) is 3.75. The molecule has 2 saturated heterocycles. The number of ether oxygens (including phenoxy) is 1. The Morgan fingerprint density at radius 3 is 2.57 bits per heavy atom. The van der Waals surface area contributed by atoms with E-state index in [4.69, 9.17) is 4.74 Å². The fraction of sp³-hybridized carbons (Fsp3) is 0.526. The Hall–Kier alpha value is -2.81. The number of benzene rings is 1. The van der Waals surface area contributed by atoms with Crippen LogP contribution in [0.1, 0.15) is 31.7 Å². The average molecular weight is 389 g/mol. The fourth-order valence-electron chi connectivity index (χ4n) is 3.81. The van der Waals surface area contributed by atoms with Gasteiger partial charge in [-0.25, -0.2) is 4.90 Å². The molecule has 2 aliphatic heterocycles. The number of rotatable bonds is 5. The summed E-state index contributed by atoms with van der Waals surface area (Å²) in [5.74, 6) is -1.15. The summed E-state index contributed by atoms with van der Waals surface area (Å²) in [4.78, 5) is 50.9. The van der Waals surface area contributed by atoms with E-state index in [1.54, 1.807) is 19.9 Å². The lowest BCUT2D eigenvalue weighted by atomic mass is 9.95. The summed E-state index contributed by atoms with van der Waals surface area (Å²) in [6, 6.07) is 3.75. The lowest BCUT2D eigenvalue weighted by Crippen LogP contribution is -2.47. The van der Waals surface area contributed by atoms with Crippen molar-refractivity contribution in [3.05, 3.63) is 33.9 Å². The molecular weight excluding hydrogens is 366 g/mol. The van der Waals surface area contributed by atoms with Gasteiger partial charge in [-0.15, -0.1) is 0 Å². The van der Waals surface area contributed by atoms with Crippen LogP contribution in [0.4, 0.5) is 11.4 Å². The number of imide groups is 1. The summed E-state index contributed by atoms with van der Waals surface area (Å²) >= 11 is 0. The maximum absolute atomic E-state index is 12.9. The maximum atomic E-state index is 12.9. The number of likely N-dealkylation sites (tertiary alicyclic amines) is 1. The molecule has 2 fully saturated rings. The van der Waals surface area contributed by atoms with Crippen LogP contribution in [0.3, 0.4) is 0 Å². The standard InChI is InChI=1S/C19H23N3O6/c1-3-28-19(25)13-6-8-20(9-7-13)16-11-17(23)21(18(16)24)14-5-4-12(2)15(10-14)22(26)27/h4-5,10,13,16H,3,6-9,11H2,1-2H3/t16-/m0/s1. The van der Waals surface area contributed by atoms with Gasteiger partial charge in [0.05, 0.1) is 35.6 Å². The van der Waals surface area contributed by atoms with Crippen molar-refractivity contribution >= 4 is 29.2 Å². The predicted molar refractivity (Wildman–Crippen MR) is 99.7 cm³/mol. The zero-order valence-electron chi connectivity index (χ0n) is 15.9. The number of aryl methyl sites for hydroxylation is 1. The van der Waals surface area contributed by atoms with Crippen molar-refractivity contribution in [3.63, 3.8) is 0 Å². The van der Waals surface area contributed by atoms with Crippen molar-refractivity contribution in [2.45, 2.75) is 39.2 Å². The minimum absolute atomic E-state index is 0.0323. The van der Waals surface area contributed by atoms with Gasteiger partial charge in [0, 0.05) is 11.6 Å². The molecule has 150 valence electrons. The van der Waals surface area contributed by atoms with Crippen molar-refractivity contribution in [1.29, 1.82) is 0 Å². The second-order valence-electron chi connectivity index (χ2n) is 7.08. The molecule has 1 aromatic rings. The highest BCUT2D eigenvalue weighted by Gasteiger charge is 2.44. The molecule has 2 amide bonds. The summed E-state index contributed by atoms with van der Waals surface area (Å²) < 4.78 is 5.05. The Labute approximate surface area is 162 Å². The Morgan fingerprint density at radius 2 is 1.96 bits per heavy atom. The Kier molecular flexibility index (Phi) is 5.73. The van der Waals surface area contributed by atoms with Crippen molar-refractivity contribution in [2.75, 3.05) is 24.6 Å². The second-order valence-corrected chi connectivity index (χ2v) is 7.08. The van der Waals surface area contributed by atoms with Gasteiger partial charge in [0.1, 0.15) is 0 Å². The predicted octanol–water partition coefficient (Wildman–Crippen LogP) is 1.81. The van der Waals surface area contributed by atoms with E-state index < -0.39 is 11.0 Å². The summed E-state index contributed by atoms with van der Waals surface area (Å²) in [5, 5.41) is 11.2. The summed E-state index contributed by atoms with van der Waals surface area (Å²) in [5.41, 5.74) is 0.554. The Bertz CT molecular complexity index is 816. The molecule has 0 N–H and O–H groups in total. The first kappa shape index (κ1) is 19.9. The number of hydrogen-bond donors (Lipinski definition) is 0. The van der Waals surface area contributed by atoms with Crippen LogP contribution in [0.15, 0.2) is 18.2 Å². The number of anilines is 1. The number of carbonyl (C=O) groups is 3. The number of hydrogen-bond acceptors (Lipinski definition) is 7. The number of amides is 2. The highest BCUT2D eigenvalue weighted by molar-refractivity contribution is 6.22. The summed E-state index contributed by atoms with van der Waals surface area (Å²) in [6.45, 7) is 4.75. The lowest BCUT2D eigenvalue weighted by molar-refractivity contribution is -0.385. The van der Waals surface area contributed by atoms with E-state index in [1.165, 1.54) is 12.1 Å². The third-order valence-corrected chi connectivity index (χ3v) is 5.36. The van der Waals surface area contributed by atoms with Crippen molar-refractivity contribution in [2.24, 2.45) is 5.92 Å². The van der Waals surface area contributed by atoms with Gasteiger partial charge in [-0.05, 0) is 45.8 Å². The molecule has 0 radical (unpaired) electrons. The topological polar surface area (TPSA) is 110 Å². The van der Waals surface area contributed by atoms with E-state index in [-0.39, 0.29) is 41.5 Å². The minimum Gasteiger partial charge on any atom is -0.466 e. The molecule has 0 spiro atoms. The van der Waals surface area contributed by atoms with E-state index in [0.29, 0.717) is 38.1 Å². The first-order valence-electron chi connectivity index (χ1n) is 9.36. The molecule has 0 aliphatic carbocycles. The highest BCUT2D eigenvalue weighted by Crippen LogP contribution is 2.31. The van der Waals surface area contributed by atoms with Crippen LogP contribution in [0.5, 0.6) is 0 Å². The number of esters is 1. The number of nitro groups is 1. The molecule has 1 atom stereocenters. The van der Waals surface area contributed by atoms with E-state index in [2.05, 4.69) is 0 Å². The van der Waals surface area contributed by atoms with Gasteiger partial charge in [0.25, 0.3) is 11.6 Å². The molecule has 0 saturated carbocycles. The Morgan fingerprint density at radius 1 is 1.29 bits per heavy atom. The zero-order chi connectivity index (χ0) is 20.4. The zero-order valence-corrected chi connectivity index (χ0v) is 15.9. The quantitative estimate of drug-likeness (QED) is 0.327. The van der Waals surface area contributed by atoms with Gasteiger partial charge >= 0.3 is 5.97 Å². The molecule has 0 bridgehead atoms. The molecule has 0 unspecified atom stereocenters. The van der Waals surface area contributed by atoms with Crippen molar-refractivity contribution in [1.82, 2.24) is 4.90 Å². The molecular formula is C19H23N3O6. The smallest absolute Gasteiger partial charge is 0.309 e. The van der Waals surface area contributed by atoms with Gasteiger partial charge < -0.3 is 4.74 Å².